The molecule has 0 fully saturated rings. The van der Waals surface area contributed by atoms with Crippen molar-refractivity contribution in [2.75, 3.05) is 0 Å². The zero-order chi connectivity index (χ0) is 16.2. The quantitative estimate of drug-likeness (QED) is 0.803. The summed E-state index contributed by atoms with van der Waals surface area (Å²) in [7, 11) is 0. The zero-order valence-electron chi connectivity index (χ0n) is 13.0. The Balaban J connectivity index is 1.64. The normalized spacial score (nSPS) is 10.5. The monoisotopic (exact) mass is 307 g/mol. The molecular formula is C18H17N3O2. The molecule has 0 radical (unpaired) electrons. The summed E-state index contributed by atoms with van der Waals surface area (Å²) < 4.78 is 5.36. The van der Waals surface area contributed by atoms with Gasteiger partial charge >= 0.3 is 0 Å². The number of benzene rings is 2. The second kappa shape index (κ2) is 6.44. The minimum atomic E-state index is -0.112. The maximum atomic E-state index is 12.2. The predicted octanol–water partition coefficient (Wildman–Crippen LogP) is 3.28. The van der Waals surface area contributed by atoms with Gasteiger partial charge in [0.15, 0.2) is 0 Å². The van der Waals surface area contributed by atoms with Crippen LogP contribution in [0.3, 0.4) is 0 Å². The van der Waals surface area contributed by atoms with E-state index in [2.05, 4.69) is 15.5 Å². The van der Waals surface area contributed by atoms with E-state index in [4.69, 9.17) is 4.42 Å². The molecule has 2 aromatic carbocycles. The van der Waals surface area contributed by atoms with E-state index in [0.29, 0.717) is 23.9 Å². The number of nitrogens with one attached hydrogen (secondary N) is 1. The molecule has 0 unspecified atom stereocenters. The third-order valence-electron chi connectivity index (χ3n) is 3.49. The summed E-state index contributed by atoms with van der Waals surface area (Å²) in [5.74, 6) is 0.855. The van der Waals surface area contributed by atoms with Gasteiger partial charge < -0.3 is 9.73 Å². The summed E-state index contributed by atoms with van der Waals surface area (Å²) in [6.45, 7) is 4.28. The first kappa shape index (κ1) is 15.0. The molecule has 3 aromatic rings. The Morgan fingerprint density at radius 1 is 1.00 bits per heavy atom. The summed E-state index contributed by atoms with van der Waals surface area (Å²) in [4.78, 5) is 12.2. The lowest BCUT2D eigenvalue weighted by Crippen LogP contribution is -2.22. The highest BCUT2D eigenvalue weighted by Crippen LogP contribution is 2.18. The van der Waals surface area contributed by atoms with Crippen LogP contribution in [-0.4, -0.2) is 16.1 Å². The van der Waals surface area contributed by atoms with Gasteiger partial charge in [-0.2, -0.15) is 0 Å². The minimum absolute atomic E-state index is 0.112. The van der Waals surface area contributed by atoms with Crippen LogP contribution in [0.25, 0.3) is 11.5 Å². The molecule has 0 bridgehead atoms. The molecule has 0 saturated carbocycles. The highest BCUT2D eigenvalue weighted by Gasteiger charge is 2.09. The van der Waals surface area contributed by atoms with Crippen LogP contribution in [0.1, 0.15) is 27.4 Å². The highest BCUT2D eigenvalue weighted by molar-refractivity contribution is 5.94. The van der Waals surface area contributed by atoms with Crippen molar-refractivity contribution < 1.29 is 9.21 Å². The van der Waals surface area contributed by atoms with E-state index in [1.165, 1.54) is 5.56 Å². The third-order valence-corrected chi connectivity index (χ3v) is 3.49. The van der Waals surface area contributed by atoms with E-state index in [-0.39, 0.29) is 5.91 Å². The SMILES string of the molecule is Cc1ccc(CNC(=O)c2ccc(-c3nnc(C)o3)cc2)cc1. The molecule has 1 N–H and O–H groups in total. The molecule has 0 aliphatic rings. The molecular weight excluding hydrogens is 290 g/mol. The summed E-state index contributed by atoms with van der Waals surface area (Å²) in [5.41, 5.74) is 3.66. The first-order valence-corrected chi connectivity index (χ1v) is 7.36. The number of amides is 1. The molecule has 5 nitrogen and oxygen atoms in total. The lowest BCUT2D eigenvalue weighted by atomic mass is 10.1. The van der Waals surface area contributed by atoms with Crippen LogP contribution in [-0.2, 0) is 6.54 Å². The lowest BCUT2D eigenvalue weighted by molar-refractivity contribution is 0.0951. The van der Waals surface area contributed by atoms with Crippen LogP contribution in [0.5, 0.6) is 0 Å². The summed E-state index contributed by atoms with van der Waals surface area (Å²) in [6, 6.07) is 15.2. The van der Waals surface area contributed by atoms with Crippen molar-refractivity contribution in [3.8, 4) is 11.5 Å². The van der Waals surface area contributed by atoms with E-state index < -0.39 is 0 Å². The van der Waals surface area contributed by atoms with Crippen LogP contribution >= 0.6 is 0 Å². The van der Waals surface area contributed by atoms with E-state index in [1.54, 1.807) is 31.2 Å². The van der Waals surface area contributed by atoms with Crippen molar-refractivity contribution in [1.82, 2.24) is 15.5 Å². The molecule has 0 aliphatic heterocycles. The van der Waals surface area contributed by atoms with Crippen molar-refractivity contribution in [1.29, 1.82) is 0 Å². The van der Waals surface area contributed by atoms with Gasteiger partial charge in [0.2, 0.25) is 11.8 Å². The van der Waals surface area contributed by atoms with Crippen LogP contribution in [0.2, 0.25) is 0 Å². The number of hydrogen-bond donors (Lipinski definition) is 1. The van der Waals surface area contributed by atoms with E-state index in [0.717, 1.165) is 11.1 Å². The minimum Gasteiger partial charge on any atom is -0.421 e. The Morgan fingerprint density at radius 2 is 1.70 bits per heavy atom. The number of carbonyl (C=O) groups is 1. The van der Waals surface area contributed by atoms with Crippen LogP contribution in [0.15, 0.2) is 52.9 Å². The smallest absolute Gasteiger partial charge is 0.251 e. The molecule has 0 aliphatic carbocycles. The standard InChI is InChI=1S/C18H17N3O2/c1-12-3-5-14(6-4-12)11-19-17(22)15-7-9-16(10-8-15)18-21-20-13(2)23-18/h3-10H,11H2,1-2H3,(H,19,22). The highest BCUT2D eigenvalue weighted by atomic mass is 16.4. The molecule has 116 valence electrons. The molecule has 0 spiro atoms. The van der Waals surface area contributed by atoms with Crippen LogP contribution in [0, 0.1) is 13.8 Å². The Morgan fingerprint density at radius 3 is 2.30 bits per heavy atom. The number of rotatable bonds is 4. The van der Waals surface area contributed by atoms with Crippen molar-refractivity contribution >= 4 is 5.91 Å². The second-order valence-electron chi connectivity index (χ2n) is 5.37. The van der Waals surface area contributed by atoms with Gasteiger partial charge in [-0.1, -0.05) is 29.8 Å². The van der Waals surface area contributed by atoms with Gasteiger partial charge in [-0.3, -0.25) is 4.79 Å². The molecule has 1 heterocycles. The Labute approximate surface area is 134 Å². The van der Waals surface area contributed by atoms with Gasteiger partial charge in [-0.25, -0.2) is 0 Å². The number of aromatic nitrogens is 2. The number of carbonyl (C=O) groups excluding carboxylic acids is 1. The Bertz CT molecular complexity index is 805. The van der Waals surface area contributed by atoms with Gasteiger partial charge in [0, 0.05) is 24.6 Å². The van der Waals surface area contributed by atoms with Crippen molar-refractivity contribution in [3.05, 3.63) is 71.1 Å². The zero-order valence-corrected chi connectivity index (χ0v) is 13.0. The molecule has 1 amide bonds. The summed E-state index contributed by atoms with van der Waals surface area (Å²) in [6.07, 6.45) is 0. The number of aryl methyl sites for hydroxylation is 2. The molecule has 23 heavy (non-hydrogen) atoms. The lowest BCUT2D eigenvalue weighted by Gasteiger charge is -2.06. The first-order valence-electron chi connectivity index (χ1n) is 7.36. The molecule has 0 atom stereocenters. The Hall–Kier alpha value is -2.95. The maximum Gasteiger partial charge on any atom is 0.251 e. The second-order valence-corrected chi connectivity index (χ2v) is 5.37. The molecule has 1 aromatic heterocycles. The van der Waals surface area contributed by atoms with Crippen molar-refractivity contribution in [3.63, 3.8) is 0 Å². The average molecular weight is 307 g/mol. The number of hydrogen-bond acceptors (Lipinski definition) is 4. The predicted molar refractivity (Wildman–Crippen MR) is 86.8 cm³/mol. The molecule has 5 heteroatoms. The van der Waals surface area contributed by atoms with Crippen molar-refractivity contribution in [2.24, 2.45) is 0 Å². The number of nitrogens with zero attached hydrogens (tertiary/aromatic N) is 2. The van der Waals surface area contributed by atoms with Gasteiger partial charge in [0.25, 0.3) is 5.91 Å². The first-order chi connectivity index (χ1) is 11.1. The van der Waals surface area contributed by atoms with E-state index in [9.17, 15) is 4.79 Å². The van der Waals surface area contributed by atoms with Gasteiger partial charge in [0.1, 0.15) is 0 Å². The maximum absolute atomic E-state index is 12.2. The molecule has 0 saturated heterocycles. The fraction of sp³-hybridized carbons (Fsp3) is 0.167. The molecule has 3 rings (SSSR count). The fourth-order valence-electron chi connectivity index (χ4n) is 2.17. The van der Waals surface area contributed by atoms with Gasteiger partial charge in [-0.15, -0.1) is 10.2 Å². The fourth-order valence-corrected chi connectivity index (χ4v) is 2.17. The van der Waals surface area contributed by atoms with Gasteiger partial charge in [-0.05, 0) is 36.8 Å². The van der Waals surface area contributed by atoms with Crippen molar-refractivity contribution in [2.45, 2.75) is 20.4 Å². The topological polar surface area (TPSA) is 68.0 Å². The summed E-state index contributed by atoms with van der Waals surface area (Å²) in [5, 5.41) is 10.7. The van der Waals surface area contributed by atoms with E-state index in [1.807, 2.05) is 31.2 Å². The third kappa shape index (κ3) is 3.63. The average Bonchev–Trinajstić information content (AvgIpc) is 3.01. The van der Waals surface area contributed by atoms with Gasteiger partial charge in [0.05, 0.1) is 0 Å². The largest absolute Gasteiger partial charge is 0.421 e. The van der Waals surface area contributed by atoms with Crippen LogP contribution < -0.4 is 5.32 Å². The van der Waals surface area contributed by atoms with E-state index >= 15 is 0 Å². The summed E-state index contributed by atoms with van der Waals surface area (Å²) >= 11 is 0. The Kier molecular flexibility index (Phi) is 4.19. The van der Waals surface area contributed by atoms with Crippen LogP contribution in [0.4, 0.5) is 0 Å².